The molecule has 5 heteroatoms. The first-order valence-corrected chi connectivity index (χ1v) is 8.20. The number of fused-ring (bicyclic) bond motifs is 1. The lowest BCUT2D eigenvalue weighted by atomic mass is 9.85. The molecule has 1 aromatic heterocycles. The molecule has 24 heavy (non-hydrogen) atoms. The van der Waals surface area contributed by atoms with Crippen molar-refractivity contribution in [2.24, 2.45) is 0 Å². The van der Waals surface area contributed by atoms with Crippen LogP contribution >= 0.6 is 11.6 Å². The highest BCUT2D eigenvalue weighted by Crippen LogP contribution is 2.39. The first-order valence-electron chi connectivity index (χ1n) is 7.83. The fourth-order valence-corrected chi connectivity index (χ4v) is 3.46. The molecule has 1 aliphatic heterocycles. The Morgan fingerprint density at radius 1 is 1.17 bits per heavy atom. The van der Waals surface area contributed by atoms with Crippen LogP contribution in [0.3, 0.4) is 0 Å². The van der Waals surface area contributed by atoms with Gasteiger partial charge in [-0.05, 0) is 36.2 Å². The Balaban J connectivity index is 1.85. The van der Waals surface area contributed by atoms with Crippen LogP contribution in [0.2, 0.25) is 5.02 Å². The van der Waals surface area contributed by atoms with Crippen molar-refractivity contribution in [1.82, 2.24) is 9.78 Å². The third-order valence-corrected chi connectivity index (χ3v) is 4.67. The minimum absolute atomic E-state index is 0.000434. The molecule has 0 unspecified atom stereocenters. The fraction of sp³-hybridized carbons (Fsp3) is 0.158. The number of nitrogens with one attached hydrogen (secondary N) is 1. The lowest BCUT2D eigenvalue weighted by Crippen LogP contribution is -2.25. The van der Waals surface area contributed by atoms with Crippen LogP contribution in [0.4, 0.5) is 5.82 Å². The number of amides is 1. The Morgan fingerprint density at radius 3 is 2.79 bits per heavy atom. The summed E-state index contributed by atoms with van der Waals surface area (Å²) in [5.74, 6) is 0.740. The van der Waals surface area contributed by atoms with E-state index in [-0.39, 0.29) is 11.8 Å². The van der Waals surface area contributed by atoms with E-state index in [4.69, 9.17) is 11.6 Å². The summed E-state index contributed by atoms with van der Waals surface area (Å²) in [4.78, 5) is 12.3. The lowest BCUT2D eigenvalue weighted by molar-refractivity contribution is -0.116. The highest BCUT2D eigenvalue weighted by molar-refractivity contribution is 6.30. The van der Waals surface area contributed by atoms with E-state index in [9.17, 15) is 4.79 Å². The predicted molar refractivity (Wildman–Crippen MR) is 94.8 cm³/mol. The molecular formula is C19H16ClN3O. The zero-order chi connectivity index (χ0) is 16.7. The van der Waals surface area contributed by atoms with Crippen molar-refractivity contribution in [1.29, 1.82) is 0 Å². The molecule has 0 saturated carbocycles. The summed E-state index contributed by atoms with van der Waals surface area (Å²) in [6.45, 7) is 2.07. The number of benzene rings is 2. The number of hydrogen-bond donors (Lipinski definition) is 1. The molecule has 1 aliphatic rings. The fourth-order valence-electron chi connectivity index (χ4n) is 3.28. The average molecular weight is 338 g/mol. The molecule has 4 nitrogen and oxygen atoms in total. The predicted octanol–water partition coefficient (Wildman–Crippen LogP) is 4.31. The van der Waals surface area contributed by atoms with Crippen LogP contribution in [0.1, 0.15) is 29.0 Å². The molecule has 0 spiro atoms. The van der Waals surface area contributed by atoms with E-state index in [1.54, 1.807) is 4.68 Å². The number of anilines is 1. The van der Waals surface area contributed by atoms with Crippen molar-refractivity contribution in [3.63, 3.8) is 0 Å². The van der Waals surface area contributed by atoms with Crippen molar-refractivity contribution in [2.45, 2.75) is 19.3 Å². The molecule has 0 saturated heterocycles. The number of carbonyl (C=O) groups excluding carboxylic acids is 1. The second-order valence-corrected chi connectivity index (χ2v) is 6.44. The minimum atomic E-state index is -0.000434. The van der Waals surface area contributed by atoms with Gasteiger partial charge in [-0.1, -0.05) is 41.9 Å². The van der Waals surface area contributed by atoms with E-state index >= 15 is 0 Å². The van der Waals surface area contributed by atoms with Gasteiger partial charge < -0.3 is 5.32 Å². The molecule has 2 heterocycles. The van der Waals surface area contributed by atoms with E-state index in [1.165, 1.54) is 11.1 Å². The van der Waals surface area contributed by atoms with Crippen molar-refractivity contribution in [3.05, 3.63) is 76.4 Å². The third kappa shape index (κ3) is 2.49. The maximum Gasteiger partial charge on any atom is 0.226 e. The first-order chi connectivity index (χ1) is 11.6. The second kappa shape index (κ2) is 5.80. The topological polar surface area (TPSA) is 46.9 Å². The smallest absolute Gasteiger partial charge is 0.226 e. The van der Waals surface area contributed by atoms with Gasteiger partial charge in [0, 0.05) is 22.9 Å². The van der Waals surface area contributed by atoms with Crippen LogP contribution in [-0.2, 0) is 4.79 Å². The van der Waals surface area contributed by atoms with E-state index in [0.29, 0.717) is 11.4 Å². The Bertz CT molecular complexity index is 932. The molecule has 120 valence electrons. The van der Waals surface area contributed by atoms with Crippen LogP contribution in [0, 0.1) is 6.92 Å². The Morgan fingerprint density at radius 2 is 2.00 bits per heavy atom. The van der Waals surface area contributed by atoms with Crippen LogP contribution in [0.5, 0.6) is 0 Å². The number of rotatable bonds is 2. The molecule has 0 fully saturated rings. The van der Waals surface area contributed by atoms with E-state index in [0.717, 1.165) is 17.1 Å². The summed E-state index contributed by atoms with van der Waals surface area (Å²) in [6, 6.07) is 15.6. The van der Waals surface area contributed by atoms with E-state index in [2.05, 4.69) is 29.5 Å². The zero-order valence-electron chi connectivity index (χ0n) is 13.2. The molecule has 1 N–H and O–H groups in total. The number of nitrogens with zero attached hydrogens (tertiary/aromatic N) is 2. The molecule has 0 aliphatic carbocycles. The minimum Gasteiger partial charge on any atom is -0.310 e. The highest BCUT2D eigenvalue weighted by Gasteiger charge is 2.31. The van der Waals surface area contributed by atoms with Crippen molar-refractivity contribution < 1.29 is 4.79 Å². The lowest BCUT2D eigenvalue weighted by Gasteiger charge is -2.25. The van der Waals surface area contributed by atoms with Gasteiger partial charge in [-0.2, -0.15) is 5.10 Å². The van der Waals surface area contributed by atoms with Gasteiger partial charge in [0.15, 0.2) is 0 Å². The SMILES string of the molecule is Cc1ccccc1[C@@H]1CC(=O)Nc2c1cnn2-c1cccc(Cl)c1. The molecule has 4 rings (SSSR count). The van der Waals surface area contributed by atoms with Gasteiger partial charge in [0.1, 0.15) is 5.82 Å². The van der Waals surface area contributed by atoms with Gasteiger partial charge >= 0.3 is 0 Å². The number of carbonyl (C=O) groups is 1. The van der Waals surface area contributed by atoms with Crippen molar-refractivity contribution in [2.75, 3.05) is 5.32 Å². The number of aromatic nitrogens is 2. The van der Waals surface area contributed by atoms with Gasteiger partial charge in [0.05, 0.1) is 11.9 Å². The van der Waals surface area contributed by atoms with Gasteiger partial charge in [-0.15, -0.1) is 0 Å². The van der Waals surface area contributed by atoms with Crippen LogP contribution in [-0.4, -0.2) is 15.7 Å². The molecule has 3 aromatic rings. The molecular weight excluding hydrogens is 322 g/mol. The van der Waals surface area contributed by atoms with Crippen LogP contribution in [0.15, 0.2) is 54.7 Å². The summed E-state index contributed by atoms with van der Waals surface area (Å²) in [7, 11) is 0. The zero-order valence-corrected chi connectivity index (χ0v) is 13.9. The Kier molecular flexibility index (Phi) is 3.62. The summed E-state index contributed by atoms with van der Waals surface area (Å²) in [5.41, 5.74) is 4.20. The second-order valence-electron chi connectivity index (χ2n) is 6.00. The Hall–Kier alpha value is -2.59. The average Bonchev–Trinajstić information content (AvgIpc) is 2.98. The standard InChI is InChI=1S/C19H16ClN3O/c1-12-5-2-3-8-15(12)16-10-18(24)22-19-17(16)11-21-23(19)14-7-4-6-13(20)9-14/h2-9,11,16H,10H2,1H3,(H,22,24)/t16-/m0/s1. The normalized spacial score (nSPS) is 16.6. The van der Waals surface area contributed by atoms with Crippen LogP contribution in [0.25, 0.3) is 5.69 Å². The number of hydrogen-bond acceptors (Lipinski definition) is 2. The van der Waals surface area contributed by atoms with E-state index < -0.39 is 0 Å². The summed E-state index contributed by atoms with van der Waals surface area (Å²) in [6.07, 6.45) is 2.27. The maximum absolute atomic E-state index is 12.3. The van der Waals surface area contributed by atoms with Gasteiger partial charge in [-0.25, -0.2) is 4.68 Å². The molecule has 0 radical (unpaired) electrons. The van der Waals surface area contributed by atoms with E-state index in [1.807, 2.05) is 42.6 Å². The van der Waals surface area contributed by atoms with Crippen molar-refractivity contribution >= 4 is 23.3 Å². The quantitative estimate of drug-likeness (QED) is 0.757. The Labute approximate surface area is 145 Å². The molecule has 1 amide bonds. The summed E-state index contributed by atoms with van der Waals surface area (Å²) < 4.78 is 1.74. The summed E-state index contributed by atoms with van der Waals surface area (Å²) in [5, 5.41) is 8.09. The monoisotopic (exact) mass is 337 g/mol. The largest absolute Gasteiger partial charge is 0.310 e. The summed E-state index contributed by atoms with van der Waals surface area (Å²) >= 11 is 6.09. The van der Waals surface area contributed by atoms with Gasteiger partial charge in [0.2, 0.25) is 5.91 Å². The molecule has 0 bridgehead atoms. The third-order valence-electron chi connectivity index (χ3n) is 4.44. The molecule has 1 atom stereocenters. The first kappa shape index (κ1) is 15.0. The maximum atomic E-state index is 12.3. The number of halogens is 1. The van der Waals surface area contributed by atoms with Gasteiger partial charge in [0.25, 0.3) is 0 Å². The van der Waals surface area contributed by atoms with Gasteiger partial charge in [-0.3, -0.25) is 4.79 Å². The molecule has 2 aromatic carbocycles. The highest BCUT2D eigenvalue weighted by atomic mass is 35.5. The van der Waals surface area contributed by atoms with Crippen LogP contribution < -0.4 is 5.32 Å². The van der Waals surface area contributed by atoms with Crippen molar-refractivity contribution in [3.8, 4) is 5.69 Å². The number of aryl methyl sites for hydroxylation is 1.